The molecule has 208 valence electrons. The number of hydrogen-bond donors (Lipinski definition) is 3. The smallest absolute Gasteiger partial charge is 0.264 e. The lowest BCUT2D eigenvalue weighted by Gasteiger charge is -2.32. The number of amides is 2. The molecule has 8 nitrogen and oxygen atoms in total. The van der Waals surface area contributed by atoms with Gasteiger partial charge in [0.25, 0.3) is 10.0 Å². The van der Waals surface area contributed by atoms with E-state index in [0.717, 1.165) is 34.7 Å². The second-order valence-electron chi connectivity index (χ2n) is 11.0. The highest BCUT2D eigenvalue weighted by molar-refractivity contribution is 7.89. The van der Waals surface area contributed by atoms with E-state index < -0.39 is 22.0 Å². The maximum atomic E-state index is 13.3. The van der Waals surface area contributed by atoms with Crippen LogP contribution < -0.4 is 16.0 Å². The predicted molar refractivity (Wildman–Crippen MR) is 150 cm³/mol. The van der Waals surface area contributed by atoms with Crippen LogP contribution in [-0.4, -0.2) is 36.6 Å². The zero-order valence-corrected chi connectivity index (χ0v) is 23.5. The van der Waals surface area contributed by atoms with Crippen LogP contribution in [-0.2, 0) is 26.0 Å². The lowest BCUT2D eigenvalue weighted by molar-refractivity contribution is -0.129. The maximum Gasteiger partial charge on any atom is 0.264 e. The van der Waals surface area contributed by atoms with E-state index in [-0.39, 0.29) is 29.3 Å². The van der Waals surface area contributed by atoms with Crippen molar-refractivity contribution >= 4 is 21.8 Å². The molecule has 0 radical (unpaired) electrons. The Kier molecular flexibility index (Phi) is 8.09. The molecule has 0 aromatic heterocycles. The topological polar surface area (TPSA) is 108 Å². The summed E-state index contributed by atoms with van der Waals surface area (Å²) in [6, 6.07) is 12.5. The van der Waals surface area contributed by atoms with Gasteiger partial charge in [-0.2, -0.15) is 0 Å². The molecule has 1 saturated carbocycles. The lowest BCUT2D eigenvalue weighted by Crippen LogP contribution is -2.51. The van der Waals surface area contributed by atoms with E-state index in [1.54, 1.807) is 12.1 Å². The summed E-state index contributed by atoms with van der Waals surface area (Å²) in [5.74, 6) is -0.881. The number of carbonyl (C=O) groups excluding carboxylic acids is 2. The molecule has 3 atom stereocenters. The molecule has 5 rings (SSSR count). The van der Waals surface area contributed by atoms with Crippen LogP contribution in [0.25, 0.3) is 0 Å². The van der Waals surface area contributed by atoms with Crippen LogP contribution in [0.4, 0.5) is 0 Å². The Labute approximate surface area is 231 Å². The van der Waals surface area contributed by atoms with Gasteiger partial charge in [-0.05, 0) is 74.8 Å². The van der Waals surface area contributed by atoms with Crippen LogP contribution >= 0.6 is 0 Å². The molecule has 39 heavy (non-hydrogen) atoms. The summed E-state index contributed by atoms with van der Waals surface area (Å²) >= 11 is 0. The fourth-order valence-electron chi connectivity index (χ4n) is 6.00. The minimum Gasteiger partial charge on any atom is -0.349 e. The van der Waals surface area contributed by atoms with Crippen molar-refractivity contribution < 1.29 is 18.0 Å². The van der Waals surface area contributed by atoms with Gasteiger partial charge in [0.2, 0.25) is 11.8 Å². The van der Waals surface area contributed by atoms with Gasteiger partial charge < -0.3 is 16.0 Å². The lowest BCUT2D eigenvalue weighted by atomic mass is 9.85. The largest absolute Gasteiger partial charge is 0.349 e. The van der Waals surface area contributed by atoms with E-state index in [4.69, 9.17) is 0 Å². The Bertz CT molecular complexity index is 1350. The molecule has 1 heterocycles. The standard InChI is InChI=1S/C30H38N4O4S/c1-20-10-13-25(14-11-20)39(37,38)34-17-16-31-30(36)28(34)19-29(35)33-27-9-5-6-23-18-22(12-15-26(23)27)21(2)32-24-7-3-4-8-24/h10-18,21,24,27-28,32H,3-9,19H2,1-2H3,(H,31,36)(H,33,35)/t21-,27?,28-/m1/s1. The van der Waals surface area contributed by atoms with Crippen LogP contribution in [0.5, 0.6) is 0 Å². The predicted octanol–water partition coefficient (Wildman–Crippen LogP) is 4.13. The summed E-state index contributed by atoms with van der Waals surface area (Å²) < 4.78 is 27.7. The zero-order valence-electron chi connectivity index (χ0n) is 22.7. The molecule has 3 aliphatic rings. The van der Waals surface area contributed by atoms with E-state index in [0.29, 0.717) is 6.04 Å². The number of hydrogen-bond acceptors (Lipinski definition) is 5. The molecular formula is C30H38N4O4S. The van der Waals surface area contributed by atoms with Gasteiger partial charge in [-0.1, -0.05) is 48.7 Å². The number of sulfonamides is 1. The highest BCUT2D eigenvalue weighted by atomic mass is 32.2. The molecule has 0 bridgehead atoms. The number of nitrogens with one attached hydrogen (secondary N) is 3. The van der Waals surface area contributed by atoms with Crippen molar-refractivity contribution in [2.24, 2.45) is 0 Å². The van der Waals surface area contributed by atoms with Crippen molar-refractivity contribution in [1.29, 1.82) is 0 Å². The number of carbonyl (C=O) groups is 2. The maximum absolute atomic E-state index is 13.3. The Morgan fingerprint density at radius 3 is 2.56 bits per heavy atom. The first-order valence-electron chi connectivity index (χ1n) is 14.0. The van der Waals surface area contributed by atoms with Crippen LogP contribution in [0.2, 0.25) is 0 Å². The Hall–Kier alpha value is -3.17. The van der Waals surface area contributed by atoms with Gasteiger partial charge in [0.15, 0.2) is 0 Å². The summed E-state index contributed by atoms with van der Waals surface area (Å²) in [7, 11) is -4.01. The SMILES string of the molecule is Cc1ccc(S(=O)(=O)N2C=CNC(=O)[C@H]2CC(=O)NC2CCCc3cc([C@@H](C)NC4CCCC4)ccc32)cc1. The monoisotopic (exact) mass is 550 g/mol. The molecule has 1 aliphatic heterocycles. The van der Waals surface area contributed by atoms with Gasteiger partial charge in [-0.15, -0.1) is 0 Å². The quantitative estimate of drug-likeness (QED) is 0.458. The minimum atomic E-state index is -4.01. The third-order valence-electron chi connectivity index (χ3n) is 8.19. The molecule has 3 N–H and O–H groups in total. The van der Waals surface area contributed by atoms with Gasteiger partial charge in [0.1, 0.15) is 6.04 Å². The number of nitrogens with zero attached hydrogens (tertiary/aromatic N) is 1. The average Bonchev–Trinajstić information content (AvgIpc) is 3.43. The third-order valence-corrected chi connectivity index (χ3v) is 9.99. The highest BCUT2D eigenvalue weighted by Crippen LogP contribution is 2.33. The van der Waals surface area contributed by atoms with E-state index in [1.807, 2.05) is 6.92 Å². The molecule has 0 spiro atoms. The molecule has 0 saturated heterocycles. The Morgan fingerprint density at radius 2 is 1.82 bits per heavy atom. The van der Waals surface area contributed by atoms with Crippen LogP contribution in [0.15, 0.2) is 59.8 Å². The first kappa shape index (κ1) is 27.4. The Morgan fingerprint density at radius 1 is 1.08 bits per heavy atom. The minimum absolute atomic E-state index is 0.0755. The zero-order chi connectivity index (χ0) is 27.6. The third kappa shape index (κ3) is 6.04. The second kappa shape index (κ2) is 11.5. The molecule has 2 amide bonds. The summed E-state index contributed by atoms with van der Waals surface area (Å²) in [6.45, 7) is 4.08. The number of aryl methyl sites for hydroxylation is 2. The summed E-state index contributed by atoms with van der Waals surface area (Å²) in [5, 5.41) is 9.40. The van der Waals surface area contributed by atoms with Crippen molar-refractivity contribution in [3.63, 3.8) is 0 Å². The molecular weight excluding hydrogens is 512 g/mol. The molecule has 2 aromatic carbocycles. The van der Waals surface area contributed by atoms with Gasteiger partial charge >= 0.3 is 0 Å². The first-order chi connectivity index (χ1) is 18.7. The molecule has 2 aromatic rings. The molecule has 1 fully saturated rings. The van der Waals surface area contributed by atoms with Crippen molar-refractivity contribution in [1.82, 2.24) is 20.3 Å². The van der Waals surface area contributed by atoms with E-state index >= 15 is 0 Å². The fraction of sp³-hybridized carbons (Fsp3) is 0.467. The van der Waals surface area contributed by atoms with E-state index in [1.165, 1.54) is 61.3 Å². The Balaban J connectivity index is 1.28. The average molecular weight is 551 g/mol. The van der Waals surface area contributed by atoms with Crippen molar-refractivity contribution in [2.75, 3.05) is 0 Å². The summed E-state index contributed by atoms with van der Waals surface area (Å²) in [5.41, 5.74) is 4.53. The summed E-state index contributed by atoms with van der Waals surface area (Å²) in [4.78, 5) is 26.0. The van der Waals surface area contributed by atoms with Crippen molar-refractivity contribution in [3.05, 3.63) is 77.1 Å². The fourth-order valence-corrected chi connectivity index (χ4v) is 7.45. The van der Waals surface area contributed by atoms with Gasteiger partial charge in [-0.25, -0.2) is 8.42 Å². The van der Waals surface area contributed by atoms with E-state index in [2.05, 4.69) is 41.1 Å². The molecule has 2 aliphatic carbocycles. The first-order valence-corrected chi connectivity index (χ1v) is 15.4. The van der Waals surface area contributed by atoms with Gasteiger partial charge in [0, 0.05) is 24.5 Å². The highest BCUT2D eigenvalue weighted by Gasteiger charge is 2.37. The van der Waals surface area contributed by atoms with Crippen LogP contribution in [0.3, 0.4) is 0 Å². The van der Waals surface area contributed by atoms with Crippen LogP contribution in [0.1, 0.15) is 86.2 Å². The van der Waals surface area contributed by atoms with E-state index in [9.17, 15) is 18.0 Å². The second-order valence-corrected chi connectivity index (χ2v) is 12.9. The number of fused-ring (bicyclic) bond motifs is 1. The van der Waals surface area contributed by atoms with Gasteiger partial charge in [-0.3, -0.25) is 13.9 Å². The summed E-state index contributed by atoms with van der Waals surface area (Å²) in [6.07, 6.45) is 10.1. The van der Waals surface area contributed by atoms with Crippen molar-refractivity contribution in [2.45, 2.75) is 94.3 Å². The van der Waals surface area contributed by atoms with Crippen molar-refractivity contribution in [3.8, 4) is 0 Å². The number of benzene rings is 2. The van der Waals surface area contributed by atoms with Crippen LogP contribution in [0, 0.1) is 6.92 Å². The molecule has 1 unspecified atom stereocenters. The number of rotatable bonds is 8. The normalized spacial score (nSPS) is 22.3. The van der Waals surface area contributed by atoms with Gasteiger partial charge in [0.05, 0.1) is 17.4 Å². The molecule has 9 heteroatoms.